The van der Waals surface area contributed by atoms with Crippen LogP contribution in [0.3, 0.4) is 0 Å². The molecule has 0 rings (SSSR count). The zero-order chi connectivity index (χ0) is 26.2. The van der Waals surface area contributed by atoms with E-state index in [1.807, 2.05) is 0 Å². The smallest absolute Gasteiger partial charge is 0.438 e. The Morgan fingerprint density at radius 1 is 0.781 bits per heavy atom. The number of esters is 1. The van der Waals surface area contributed by atoms with Gasteiger partial charge in [0.15, 0.2) is 0 Å². The fourth-order valence-electron chi connectivity index (χ4n) is 1.99. The molecule has 0 amide bonds. The van der Waals surface area contributed by atoms with Crippen LogP contribution in [0, 0.1) is 0 Å². The second-order valence-corrected chi connectivity index (χ2v) is 6.11. The molecule has 18 heteroatoms. The fraction of sp³-hybridized carbons (Fsp3) is 0.786. The summed E-state index contributed by atoms with van der Waals surface area (Å²) in [6.45, 7) is 1.58. The lowest BCUT2D eigenvalue weighted by Crippen LogP contribution is -2.75. The predicted octanol–water partition coefficient (Wildman–Crippen LogP) is 5.23. The molecule has 1 unspecified atom stereocenters. The van der Waals surface area contributed by atoms with E-state index in [1.54, 1.807) is 0 Å². The molecular weight excluding hydrogens is 501 g/mol. The molecule has 0 radical (unpaired) electrons. The minimum atomic E-state index is -8.48. The first kappa shape index (κ1) is 30.1. The van der Waals surface area contributed by atoms with Gasteiger partial charge >= 0.3 is 47.7 Å². The normalized spacial score (nSPS) is 16.0. The maximum atomic E-state index is 13.6. The summed E-state index contributed by atoms with van der Waals surface area (Å²) in [7, 11) is 0. The fourth-order valence-corrected chi connectivity index (χ4v) is 1.99. The first-order valence-corrected chi connectivity index (χ1v) is 7.66. The Bertz CT molecular complexity index is 666. The summed E-state index contributed by atoms with van der Waals surface area (Å²) in [6, 6.07) is 0. The minimum absolute atomic E-state index is 0.461. The summed E-state index contributed by atoms with van der Waals surface area (Å²) in [5, 5.41) is 9.15. The highest BCUT2D eigenvalue weighted by Gasteiger charge is 2.95. The van der Waals surface area contributed by atoms with Gasteiger partial charge in [-0.2, -0.15) is 61.5 Å². The summed E-state index contributed by atoms with van der Waals surface area (Å²) < 4.78 is 199. The van der Waals surface area contributed by atoms with E-state index in [2.05, 4.69) is 11.3 Å². The zero-order valence-electron chi connectivity index (χ0n) is 14.9. The Morgan fingerprint density at radius 3 is 1.53 bits per heavy atom. The van der Waals surface area contributed by atoms with Crippen LogP contribution in [-0.4, -0.2) is 65.5 Å². The van der Waals surface area contributed by atoms with Gasteiger partial charge in [0.1, 0.15) is 6.61 Å². The number of rotatable bonds is 10. The molecule has 0 saturated carbocycles. The highest BCUT2D eigenvalue weighted by atomic mass is 19.4. The zero-order valence-corrected chi connectivity index (χ0v) is 14.9. The highest BCUT2D eigenvalue weighted by Crippen LogP contribution is 2.64. The number of carbonyl (C=O) groups excluding carboxylic acids is 1. The van der Waals surface area contributed by atoms with Crippen LogP contribution in [0.25, 0.3) is 0 Å². The predicted molar refractivity (Wildman–Crippen MR) is 72.1 cm³/mol. The third kappa shape index (κ3) is 4.88. The van der Waals surface area contributed by atoms with Crippen LogP contribution >= 0.6 is 0 Å². The molecule has 0 aromatic heterocycles. The van der Waals surface area contributed by atoms with Gasteiger partial charge in [0.25, 0.3) is 0 Å². The Balaban J connectivity index is 6.09. The van der Waals surface area contributed by atoms with E-state index >= 15 is 0 Å². The molecule has 0 aliphatic heterocycles. The first-order valence-electron chi connectivity index (χ1n) is 7.66. The van der Waals surface area contributed by atoms with Gasteiger partial charge < -0.3 is 9.84 Å². The van der Waals surface area contributed by atoms with Crippen molar-refractivity contribution in [2.45, 2.75) is 60.7 Å². The van der Waals surface area contributed by atoms with Gasteiger partial charge in [-0.25, -0.2) is 9.18 Å². The van der Waals surface area contributed by atoms with Crippen molar-refractivity contribution < 1.29 is 80.5 Å². The van der Waals surface area contributed by atoms with Crippen LogP contribution in [0.2, 0.25) is 0 Å². The molecule has 0 spiro atoms. The molecule has 0 saturated heterocycles. The van der Waals surface area contributed by atoms with E-state index < -0.39 is 73.2 Å². The van der Waals surface area contributed by atoms with Crippen molar-refractivity contribution in [1.82, 2.24) is 0 Å². The van der Waals surface area contributed by atoms with Crippen LogP contribution in [0.4, 0.5) is 65.9 Å². The molecule has 3 nitrogen and oxygen atoms in total. The first-order chi connectivity index (χ1) is 13.8. The van der Waals surface area contributed by atoms with E-state index in [1.165, 1.54) is 0 Å². The van der Waals surface area contributed by atoms with Crippen molar-refractivity contribution >= 4 is 5.97 Å². The van der Waals surface area contributed by atoms with Gasteiger partial charge in [-0.05, 0) is 6.42 Å². The quantitative estimate of drug-likeness (QED) is 0.248. The maximum absolute atomic E-state index is 13.6. The van der Waals surface area contributed by atoms with Crippen LogP contribution in [-0.2, 0) is 9.53 Å². The third-order valence-electron chi connectivity index (χ3n) is 3.84. The maximum Gasteiger partial charge on any atom is 0.438 e. The number of carbonyl (C=O) groups is 1. The van der Waals surface area contributed by atoms with Crippen molar-refractivity contribution in [2.75, 3.05) is 6.61 Å². The Hall–Kier alpha value is -1.88. The van der Waals surface area contributed by atoms with E-state index in [9.17, 15) is 70.7 Å². The number of hydrogen-bond acceptors (Lipinski definition) is 3. The van der Waals surface area contributed by atoms with Gasteiger partial charge in [-0.15, -0.1) is 0 Å². The standard InChI is InChI=1S/C14H11F15O3/c1-2-7(31)32-5-6(30)3-4-8(15,16)10(18,19)12(22,23)11(20,21)9(17,13(24,25)26)14(27,28)29/h2,6,30H,1,3-5H2. The van der Waals surface area contributed by atoms with Gasteiger partial charge in [-0.3, -0.25) is 0 Å². The highest BCUT2D eigenvalue weighted by molar-refractivity contribution is 5.81. The minimum Gasteiger partial charge on any atom is -0.460 e. The SMILES string of the molecule is C=CC(=O)OCC(O)CCC(F)(F)C(F)(F)C(F)(F)C(F)(F)C(F)(C(F)(F)F)C(F)(F)F. The van der Waals surface area contributed by atoms with Crippen molar-refractivity contribution in [3.05, 3.63) is 12.7 Å². The Labute approximate surface area is 167 Å². The molecule has 0 aliphatic carbocycles. The van der Waals surface area contributed by atoms with E-state index in [4.69, 9.17) is 5.11 Å². The summed E-state index contributed by atoms with van der Waals surface area (Å²) in [4.78, 5) is 10.7. The molecule has 0 bridgehead atoms. The van der Waals surface area contributed by atoms with Crippen molar-refractivity contribution in [1.29, 1.82) is 0 Å². The van der Waals surface area contributed by atoms with Gasteiger partial charge in [0.2, 0.25) is 0 Å². The number of alkyl halides is 15. The van der Waals surface area contributed by atoms with Crippen molar-refractivity contribution in [3.8, 4) is 0 Å². The third-order valence-corrected chi connectivity index (χ3v) is 3.84. The molecule has 32 heavy (non-hydrogen) atoms. The molecule has 0 aliphatic rings. The average molecular weight is 512 g/mol. The second kappa shape index (κ2) is 8.81. The van der Waals surface area contributed by atoms with Gasteiger partial charge in [0.05, 0.1) is 6.10 Å². The molecular formula is C14H11F15O3. The molecule has 190 valence electrons. The average Bonchev–Trinajstić information content (AvgIpc) is 2.61. The van der Waals surface area contributed by atoms with Crippen molar-refractivity contribution in [3.63, 3.8) is 0 Å². The summed E-state index contributed by atoms with van der Waals surface area (Å²) in [5.74, 6) is -32.3. The Kier molecular flexibility index (Phi) is 8.29. The van der Waals surface area contributed by atoms with Crippen LogP contribution < -0.4 is 0 Å². The lowest BCUT2D eigenvalue weighted by Gasteiger charge is -2.43. The molecule has 1 atom stereocenters. The summed E-state index contributed by atoms with van der Waals surface area (Å²) in [5.41, 5.74) is -8.35. The summed E-state index contributed by atoms with van der Waals surface area (Å²) in [6.07, 6.45) is -22.4. The van der Waals surface area contributed by atoms with E-state index in [0.717, 1.165) is 0 Å². The topological polar surface area (TPSA) is 46.5 Å². The Morgan fingerprint density at radius 2 is 1.19 bits per heavy atom. The number of aliphatic hydroxyl groups is 1. The van der Waals surface area contributed by atoms with Gasteiger partial charge in [0, 0.05) is 12.5 Å². The summed E-state index contributed by atoms with van der Waals surface area (Å²) >= 11 is 0. The second-order valence-electron chi connectivity index (χ2n) is 6.11. The number of hydrogen-bond donors (Lipinski definition) is 1. The largest absolute Gasteiger partial charge is 0.460 e. The van der Waals surface area contributed by atoms with Crippen LogP contribution in [0.1, 0.15) is 12.8 Å². The van der Waals surface area contributed by atoms with Gasteiger partial charge in [-0.1, -0.05) is 6.58 Å². The molecule has 0 aromatic carbocycles. The monoisotopic (exact) mass is 512 g/mol. The molecule has 1 N–H and O–H groups in total. The molecule has 0 aromatic rings. The molecule has 0 heterocycles. The molecule has 0 fully saturated rings. The number of aliphatic hydroxyl groups excluding tert-OH is 1. The number of halogens is 15. The lowest BCUT2D eigenvalue weighted by atomic mass is 9.85. The van der Waals surface area contributed by atoms with E-state index in [-0.39, 0.29) is 0 Å². The lowest BCUT2D eigenvalue weighted by molar-refractivity contribution is -0.457. The number of ether oxygens (including phenoxy) is 1. The van der Waals surface area contributed by atoms with E-state index in [0.29, 0.717) is 6.08 Å². The van der Waals surface area contributed by atoms with Crippen molar-refractivity contribution in [2.24, 2.45) is 0 Å². The van der Waals surface area contributed by atoms with Crippen LogP contribution in [0.15, 0.2) is 12.7 Å². The van der Waals surface area contributed by atoms with Crippen LogP contribution in [0.5, 0.6) is 0 Å².